The van der Waals surface area contributed by atoms with Crippen LogP contribution in [0.15, 0.2) is 72.8 Å². The number of ether oxygens (including phenoxy) is 5. The fourth-order valence-electron chi connectivity index (χ4n) is 3.22. The monoisotopic (exact) mass is 476 g/mol. The Morgan fingerprint density at radius 3 is 2.11 bits per heavy atom. The molecule has 35 heavy (non-hydrogen) atoms. The summed E-state index contributed by atoms with van der Waals surface area (Å²) in [7, 11) is 2.90. The van der Waals surface area contributed by atoms with E-state index in [1.807, 2.05) is 54.6 Å². The lowest BCUT2D eigenvalue weighted by Crippen LogP contribution is -2.05. The van der Waals surface area contributed by atoms with Gasteiger partial charge in [0.25, 0.3) is 0 Å². The van der Waals surface area contributed by atoms with E-state index in [1.54, 1.807) is 18.2 Å². The van der Waals surface area contributed by atoms with Gasteiger partial charge in [0.1, 0.15) is 12.4 Å². The fourth-order valence-corrected chi connectivity index (χ4v) is 3.22. The molecule has 0 fully saturated rings. The highest BCUT2D eigenvalue weighted by molar-refractivity contribution is 5.87. The molecular formula is C28H28O7. The third-order valence-electron chi connectivity index (χ3n) is 4.95. The van der Waals surface area contributed by atoms with Crippen LogP contribution in [0.2, 0.25) is 0 Å². The van der Waals surface area contributed by atoms with Crippen molar-refractivity contribution in [2.45, 2.75) is 20.0 Å². The largest absolute Gasteiger partial charge is 0.493 e. The topological polar surface area (TPSA) is 80.3 Å². The lowest BCUT2D eigenvalue weighted by atomic mass is 10.1. The predicted molar refractivity (Wildman–Crippen MR) is 132 cm³/mol. The zero-order chi connectivity index (χ0) is 25.0. The van der Waals surface area contributed by atoms with E-state index in [0.717, 1.165) is 16.9 Å². The lowest BCUT2D eigenvalue weighted by molar-refractivity contribution is -0.137. The van der Waals surface area contributed by atoms with Crippen LogP contribution in [0.3, 0.4) is 0 Å². The van der Waals surface area contributed by atoms with Crippen molar-refractivity contribution < 1.29 is 33.3 Å². The van der Waals surface area contributed by atoms with E-state index in [1.165, 1.54) is 27.2 Å². The van der Waals surface area contributed by atoms with Crippen LogP contribution in [0.4, 0.5) is 0 Å². The van der Waals surface area contributed by atoms with Crippen molar-refractivity contribution >= 4 is 18.0 Å². The number of carbonyl (C=O) groups excluding carboxylic acids is 2. The van der Waals surface area contributed by atoms with Crippen LogP contribution < -0.4 is 18.9 Å². The third kappa shape index (κ3) is 7.92. The number of benzene rings is 3. The third-order valence-corrected chi connectivity index (χ3v) is 4.95. The summed E-state index contributed by atoms with van der Waals surface area (Å²) in [6.07, 6.45) is 3.47. The first-order chi connectivity index (χ1) is 17.0. The normalized spacial score (nSPS) is 10.6. The van der Waals surface area contributed by atoms with Gasteiger partial charge in [-0.2, -0.15) is 0 Å². The molecule has 0 aliphatic carbocycles. The molecule has 0 atom stereocenters. The molecule has 0 aliphatic heterocycles. The van der Waals surface area contributed by atoms with Crippen LogP contribution in [-0.4, -0.2) is 32.8 Å². The minimum absolute atomic E-state index is 0.179. The van der Waals surface area contributed by atoms with Crippen molar-refractivity contribution in [1.29, 1.82) is 0 Å². The molecule has 3 aromatic rings. The van der Waals surface area contributed by atoms with E-state index in [2.05, 4.69) is 0 Å². The van der Waals surface area contributed by atoms with E-state index in [-0.39, 0.29) is 12.4 Å². The molecule has 0 aromatic heterocycles. The Hall–Kier alpha value is -4.26. The molecule has 0 amide bonds. The Balaban J connectivity index is 1.49. The predicted octanol–water partition coefficient (Wildman–Crippen LogP) is 5.01. The molecule has 0 N–H and O–H groups in total. The summed E-state index contributed by atoms with van der Waals surface area (Å²) in [5, 5.41) is 0. The Bertz CT molecular complexity index is 1130. The van der Waals surface area contributed by atoms with Gasteiger partial charge in [0.15, 0.2) is 11.5 Å². The van der Waals surface area contributed by atoms with Crippen LogP contribution in [0, 0.1) is 0 Å². The molecule has 7 heteroatoms. The van der Waals surface area contributed by atoms with Gasteiger partial charge in [0.05, 0.1) is 20.8 Å². The quantitative estimate of drug-likeness (QED) is 0.219. The maximum Gasteiger partial charge on any atom is 0.330 e. The van der Waals surface area contributed by atoms with Gasteiger partial charge in [-0.3, -0.25) is 4.79 Å². The zero-order valence-electron chi connectivity index (χ0n) is 20.0. The van der Waals surface area contributed by atoms with Crippen molar-refractivity contribution in [2.24, 2.45) is 0 Å². The number of methoxy groups -OCH3 is 2. The van der Waals surface area contributed by atoms with Crippen LogP contribution >= 0.6 is 0 Å². The highest BCUT2D eigenvalue weighted by atomic mass is 16.6. The number of hydrogen-bond acceptors (Lipinski definition) is 7. The van der Waals surface area contributed by atoms with E-state index < -0.39 is 11.9 Å². The van der Waals surface area contributed by atoms with E-state index in [0.29, 0.717) is 30.1 Å². The first kappa shape index (κ1) is 25.4. The number of carbonyl (C=O) groups is 2. The summed E-state index contributed by atoms with van der Waals surface area (Å²) in [4.78, 5) is 23.5. The molecule has 0 spiro atoms. The Morgan fingerprint density at radius 1 is 0.857 bits per heavy atom. The summed E-state index contributed by atoms with van der Waals surface area (Å²) in [6.45, 7) is 2.04. The summed E-state index contributed by atoms with van der Waals surface area (Å²) in [5.41, 5.74) is 2.76. The molecule has 0 saturated heterocycles. The Labute approximate surface area is 204 Å². The number of rotatable bonds is 11. The molecule has 3 rings (SSSR count). The van der Waals surface area contributed by atoms with Crippen molar-refractivity contribution in [3.63, 3.8) is 0 Å². The number of hydrogen-bond donors (Lipinski definition) is 0. The molecule has 0 radical (unpaired) electrons. The van der Waals surface area contributed by atoms with Gasteiger partial charge >= 0.3 is 11.9 Å². The molecule has 0 saturated carbocycles. The van der Waals surface area contributed by atoms with Crippen molar-refractivity contribution in [1.82, 2.24) is 0 Å². The van der Waals surface area contributed by atoms with Gasteiger partial charge in [-0.25, -0.2) is 4.79 Å². The Morgan fingerprint density at radius 2 is 1.51 bits per heavy atom. The highest BCUT2D eigenvalue weighted by Crippen LogP contribution is 2.39. The smallest absolute Gasteiger partial charge is 0.330 e. The standard InChI is InChI=1S/C28H28O7/c1-20(29)35-28-25(31-2)17-23(18-26(28)32-3)11-14-27(30)33-16-15-21-9-12-24(13-10-21)34-19-22-7-5-4-6-8-22/h4-14,17-18H,15-16,19H2,1-3H3/b14-11+. The second kappa shape index (κ2) is 12.8. The minimum atomic E-state index is -0.497. The average molecular weight is 477 g/mol. The first-order valence-corrected chi connectivity index (χ1v) is 11.0. The summed E-state index contributed by atoms with van der Waals surface area (Å²) >= 11 is 0. The van der Waals surface area contributed by atoms with E-state index in [4.69, 9.17) is 23.7 Å². The molecule has 182 valence electrons. The second-order valence-electron chi connectivity index (χ2n) is 7.52. The highest BCUT2D eigenvalue weighted by Gasteiger charge is 2.15. The van der Waals surface area contributed by atoms with E-state index >= 15 is 0 Å². The van der Waals surface area contributed by atoms with E-state index in [9.17, 15) is 9.59 Å². The molecule has 0 heterocycles. The van der Waals surface area contributed by atoms with Crippen molar-refractivity contribution in [2.75, 3.05) is 20.8 Å². The fraction of sp³-hybridized carbons (Fsp3) is 0.214. The maximum atomic E-state index is 12.1. The maximum absolute atomic E-state index is 12.1. The van der Waals surface area contributed by atoms with Gasteiger partial charge in [-0.05, 0) is 47.0 Å². The van der Waals surface area contributed by atoms with Gasteiger partial charge < -0.3 is 23.7 Å². The van der Waals surface area contributed by atoms with Crippen LogP contribution in [-0.2, 0) is 27.4 Å². The van der Waals surface area contributed by atoms with Gasteiger partial charge in [0, 0.05) is 19.4 Å². The molecule has 3 aromatic carbocycles. The molecule has 0 bridgehead atoms. The zero-order valence-corrected chi connectivity index (χ0v) is 20.0. The summed E-state index contributed by atoms with van der Waals surface area (Å²) in [6, 6.07) is 20.9. The van der Waals surface area contributed by atoms with Crippen molar-refractivity contribution in [3.05, 3.63) is 89.5 Å². The summed E-state index contributed by atoms with van der Waals surface area (Å²) in [5.74, 6) is 0.604. The van der Waals surface area contributed by atoms with Crippen LogP contribution in [0.1, 0.15) is 23.6 Å². The van der Waals surface area contributed by atoms with Crippen LogP contribution in [0.25, 0.3) is 6.08 Å². The summed E-state index contributed by atoms with van der Waals surface area (Å²) < 4.78 is 26.8. The SMILES string of the molecule is COc1cc(/C=C/C(=O)OCCc2ccc(OCc3ccccc3)cc2)cc(OC)c1OC(C)=O. The lowest BCUT2D eigenvalue weighted by Gasteiger charge is -2.13. The van der Waals surface area contributed by atoms with Gasteiger partial charge in [-0.1, -0.05) is 42.5 Å². The van der Waals surface area contributed by atoms with Crippen LogP contribution in [0.5, 0.6) is 23.0 Å². The van der Waals surface area contributed by atoms with Gasteiger partial charge in [0.2, 0.25) is 5.75 Å². The Kier molecular flexibility index (Phi) is 9.31. The van der Waals surface area contributed by atoms with Crippen molar-refractivity contribution in [3.8, 4) is 23.0 Å². The average Bonchev–Trinajstić information content (AvgIpc) is 2.87. The molecule has 0 aliphatic rings. The first-order valence-electron chi connectivity index (χ1n) is 11.0. The molecular weight excluding hydrogens is 448 g/mol. The second-order valence-corrected chi connectivity index (χ2v) is 7.52. The van der Waals surface area contributed by atoms with Gasteiger partial charge in [-0.15, -0.1) is 0 Å². The molecule has 7 nitrogen and oxygen atoms in total. The minimum Gasteiger partial charge on any atom is -0.493 e. The molecule has 0 unspecified atom stereocenters. The number of esters is 2.